The summed E-state index contributed by atoms with van der Waals surface area (Å²) in [5.41, 5.74) is 1.71. The summed E-state index contributed by atoms with van der Waals surface area (Å²) in [4.78, 5) is 17.2. The van der Waals surface area contributed by atoms with Gasteiger partial charge in [0.1, 0.15) is 0 Å². The summed E-state index contributed by atoms with van der Waals surface area (Å²) in [6, 6.07) is 8.34. The van der Waals surface area contributed by atoms with E-state index in [1.807, 2.05) is 36.2 Å². The van der Waals surface area contributed by atoms with E-state index in [4.69, 9.17) is 0 Å². The molecule has 19 heavy (non-hydrogen) atoms. The Morgan fingerprint density at radius 1 is 1.26 bits per heavy atom. The van der Waals surface area contributed by atoms with Crippen LogP contribution in [0.5, 0.6) is 0 Å². The highest BCUT2D eigenvalue weighted by atomic mass is 16.2. The molecule has 2 aliphatic heterocycles. The molecule has 0 bridgehead atoms. The lowest BCUT2D eigenvalue weighted by atomic mass is 10.1. The maximum atomic E-state index is 12.6. The van der Waals surface area contributed by atoms with Crippen LogP contribution in [0, 0.1) is 0 Å². The van der Waals surface area contributed by atoms with Crippen LogP contribution in [-0.2, 0) is 0 Å². The van der Waals surface area contributed by atoms with Crippen molar-refractivity contribution in [3.63, 3.8) is 0 Å². The second-order valence-electron chi connectivity index (χ2n) is 5.38. The number of hydrogen-bond donors (Lipinski definition) is 1. The van der Waals surface area contributed by atoms with Crippen molar-refractivity contribution >= 4 is 11.6 Å². The molecule has 1 N–H and O–H groups in total. The van der Waals surface area contributed by atoms with E-state index in [2.05, 4.69) is 10.2 Å². The second kappa shape index (κ2) is 5.21. The Bertz CT molecular complexity index is 474. The first-order valence-corrected chi connectivity index (χ1v) is 7.09. The number of para-hydroxylation sites is 1. The molecule has 4 heteroatoms. The Morgan fingerprint density at radius 3 is 2.95 bits per heavy atom. The van der Waals surface area contributed by atoms with E-state index in [0.29, 0.717) is 6.04 Å². The molecule has 1 unspecified atom stereocenters. The van der Waals surface area contributed by atoms with E-state index in [1.165, 1.54) is 19.4 Å². The smallest absolute Gasteiger partial charge is 0.256 e. The first-order chi connectivity index (χ1) is 9.29. The van der Waals surface area contributed by atoms with Gasteiger partial charge in [-0.2, -0.15) is 0 Å². The summed E-state index contributed by atoms with van der Waals surface area (Å²) >= 11 is 0. The summed E-state index contributed by atoms with van der Waals surface area (Å²) < 4.78 is 0. The first kappa shape index (κ1) is 12.5. The zero-order valence-electron chi connectivity index (χ0n) is 11.4. The summed E-state index contributed by atoms with van der Waals surface area (Å²) in [6.45, 7) is 3.97. The van der Waals surface area contributed by atoms with Gasteiger partial charge in [0.15, 0.2) is 0 Å². The van der Waals surface area contributed by atoms with Crippen molar-refractivity contribution in [1.82, 2.24) is 9.80 Å². The Hall–Kier alpha value is -1.55. The Kier molecular flexibility index (Phi) is 3.42. The number of anilines is 1. The second-order valence-corrected chi connectivity index (χ2v) is 5.38. The highest BCUT2D eigenvalue weighted by Gasteiger charge is 2.33. The van der Waals surface area contributed by atoms with Crippen molar-refractivity contribution in [2.45, 2.75) is 18.9 Å². The molecule has 1 aromatic carbocycles. The lowest BCUT2D eigenvalue weighted by molar-refractivity contribution is 0.0572. The summed E-state index contributed by atoms with van der Waals surface area (Å²) in [6.07, 6.45) is 2.51. The number of nitrogens with one attached hydrogen (secondary N) is 1. The Labute approximate surface area is 114 Å². The van der Waals surface area contributed by atoms with Gasteiger partial charge in [0.05, 0.1) is 5.56 Å². The van der Waals surface area contributed by atoms with E-state index in [-0.39, 0.29) is 5.91 Å². The van der Waals surface area contributed by atoms with Crippen LogP contribution in [0.25, 0.3) is 0 Å². The average molecular weight is 259 g/mol. The minimum absolute atomic E-state index is 0.163. The normalized spacial score (nSPS) is 23.2. The van der Waals surface area contributed by atoms with Crippen LogP contribution < -0.4 is 5.32 Å². The third-order valence-corrected chi connectivity index (χ3v) is 4.30. The molecular formula is C15H21N3O. The largest absolute Gasteiger partial charge is 0.387 e. The fraction of sp³-hybridized carbons (Fsp3) is 0.533. The van der Waals surface area contributed by atoms with Crippen LogP contribution in [0.4, 0.5) is 5.69 Å². The summed E-state index contributed by atoms with van der Waals surface area (Å²) in [5.74, 6) is 0.163. The zero-order valence-corrected chi connectivity index (χ0v) is 11.4. The SMILES string of the molecule is CNc1ccccc1C(=O)N1CCN2CCCC2C1. The minimum Gasteiger partial charge on any atom is -0.387 e. The Balaban J connectivity index is 1.76. The number of rotatable bonds is 2. The van der Waals surface area contributed by atoms with E-state index in [1.54, 1.807) is 0 Å². The molecule has 102 valence electrons. The molecule has 0 aliphatic carbocycles. The highest BCUT2D eigenvalue weighted by Crippen LogP contribution is 2.24. The van der Waals surface area contributed by atoms with E-state index >= 15 is 0 Å². The topological polar surface area (TPSA) is 35.6 Å². The molecule has 1 atom stereocenters. The predicted molar refractivity (Wildman–Crippen MR) is 76.5 cm³/mol. The lowest BCUT2D eigenvalue weighted by Gasteiger charge is -2.37. The van der Waals surface area contributed by atoms with Crippen LogP contribution in [-0.4, -0.2) is 55.0 Å². The third-order valence-electron chi connectivity index (χ3n) is 4.30. The molecule has 3 rings (SSSR count). The molecular weight excluding hydrogens is 238 g/mol. The monoisotopic (exact) mass is 259 g/mol. The molecule has 1 aromatic rings. The summed E-state index contributed by atoms with van der Waals surface area (Å²) in [5, 5.41) is 3.10. The maximum absolute atomic E-state index is 12.6. The highest BCUT2D eigenvalue weighted by molar-refractivity contribution is 5.99. The number of fused-ring (bicyclic) bond motifs is 1. The van der Waals surface area contributed by atoms with E-state index in [9.17, 15) is 4.79 Å². The van der Waals surface area contributed by atoms with Gasteiger partial charge in [-0.25, -0.2) is 0 Å². The van der Waals surface area contributed by atoms with Gasteiger partial charge in [-0.05, 0) is 31.5 Å². The van der Waals surface area contributed by atoms with Gasteiger partial charge in [0.2, 0.25) is 0 Å². The standard InChI is InChI=1S/C15H21N3O/c1-16-14-7-3-2-6-13(14)15(19)18-10-9-17-8-4-5-12(17)11-18/h2-3,6-7,12,16H,4-5,8-11H2,1H3. The van der Waals surface area contributed by atoms with Gasteiger partial charge >= 0.3 is 0 Å². The number of piperazine rings is 1. The number of hydrogen-bond acceptors (Lipinski definition) is 3. The first-order valence-electron chi connectivity index (χ1n) is 7.09. The minimum atomic E-state index is 0.163. The fourth-order valence-corrected chi connectivity index (χ4v) is 3.23. The number of amides is 1. The van der Waals surface area contributed by atoms with Gasteiger partial charge < -0.3 is 10.2 Å². The molecule has 0 aromatic heterocycles. The van der Waals surface area contributed by atoms with Crippen molar-refractivity contribution in [1.29, 1.82) is 0 Å². The van der Waals surface area contributed by atoms with Crippen molar-refractivity contribution < 1.29 is 4.79 Å². The van der Waals surface area contributed by atoms with Crippen LogP contribution in [0.3, 0.4) is 0 Å². The number of benzene rings is 1. The molecule has 4 nitrogen and oxygen atoms in total. The van der Waals surface area contributed by atoms with Crippen molar-refractivity contribution in [3.05, 3.63) is 29.8 Å². The lowest BCUT2D eigenvalue weighted by Crippen LogP contribution is -2.52. The predicted octanol–water partition coefficient (Wildman–Crippen LogP) is 1.65. The quantitative estimate of drug-likeness (QED) is 0.877. The van der Waals surface area contributed by atoms with Gasteiger partial charge in [0.25, 0.3) is 5.91 Å². The van der Waals surface area contributed by atoms with Gasteiger partial charge in [-0.1, -0.05) is 12.1 Å². The van der Waals surface area contributed by atoms with Gasteiger partial charge in [-0.15, -0.1) is 0 Å². The number of nitrogens with zero attached hydrogens (tertiary/aromatic N) is 2. The molecule has 0 radical (unpaired) electrons. The molecule has 2 aliphatic rings. The van der Waals surface area contributed by atoms with Crippen molar-refractivity contribution in [2.24, 2.45) is 0 Å². The zero-order chi connectivity index (χ0) is 13.2. The van der Waals surface area contributed by atoms with E-state index in [0.717, 1.165) is 30.9 Å². The average Bonchev–Trinajstić information content (AvgIpc) is 2.93. The molecule has 2 saturated heterocycles. The van der Waals surface area contributed by atoms with Gasteiger partial charge in [0, 0.05) is 38.4 Å². The van der Waals surface area contributed by atoms with Gasteiger partial charge in [-0.3, -0.25) is 9.69 Å². The van der Waals surface area contributed by atoms with Crippen LogP contribution in [0.15, 0.2) is 24.3 Å². The molecule has 0 spiro atoms. The van der Waals surface area contributed by atoms with Crippen molar-refractivity contribution in [3.8, 4) is 0 Å². The molecule has 2 fully saturated rings. The van der Waals surface area contributed by atoms with Crippen LogP contribution in [0.1, 0.15) is 23.2 Å². The van der Waals surface area contributed by atoms with Crippen molar-refractivity contribution in [2.75, 3.05) is 38.5 Å². The number of carbonyl (C=O) groups is 1. The van der Waals surface area contributed by atoms with Crippen LogP contribution >= 0.6 is 0 Å². The molecule has 1 amide bonds. The van der Waals surface area contributed by atoms with E-state index < -0.39 is 0 Å². The fourth-order valence-electron chi connectivity index (χ4n) is 3.23. The third kappa shape index (κ3) is 2.32. The number of carbonyl (C=O) groups excluding carboxylic acids is 1. The van der Waals surface area contributed by atoms with Crippen LogP contribution in [0.2, 0.25) is 0 Å². The summed E-state index contributed by atoms with van der Waals surface area (Å²) in [7, 11) is 1.86. The molecule has 0 saturated carbocycles. The molecule has 2 heterocycles. The maximum Gasteiger partial charge on any atom is 0.256 e. The Morgan fingerprint density at radius 2 is 2.11 bits per heavy atom.